The molecule has 1 aliphatic heterocycles. The summed E-state index contributed by atoms with van der Waals surface area (Å²) in [4.78, 5) is 0. The van der Waals surface area contributed by atoms with Gasteiger partial charge >= 0.3 is 0 Å². The van der Waals surface area contributed by atoms with Gasteiger partial charge in [0.25, 0.3) is 0 Å². The number of thiol groups is 1. The van der Waals surface area contributed by atoms with E-state index in [0.717, 1.165) is 0 Å². The first-order valence-corrected chi connectivity index (χ1v) is 3.62. The normalized spacial score (nSPS) is 27.2. The van der Waals surface area contributed by atoms with Crippen molar-refractivity contribution < 1.29 is 9.84 Å². The van der Waals surface area contributed by atoms with Crippen molar-refractivity contribution in [3.63, 3.8) is 0 Å². The van der Waals surface area contributed by atoms with E-state index < -0.39 is 6.10 Å². The molecule has 0 fully saturated rings. The highest BCUT2D eigenvalue weighted by atomic mass is 32.1. The van der Waals surface area contributed by atoms with Crippen molar-refractivity contribution in [2.75, 3.05) is 13.2 Å². The molecule has 3 nitrogen and oxygen atoms in total. The average Bonchev–Trinajstić information content (AvgIpc) is 2.38. The van der Waals surface area contributed by atoms with Crippen LogP contribution in [0.15, 0.2) is 12.2 Å². The Hall–Kier alpha value is -0.0300. The summed E-state index contributed by atoms with van der Waals surface area (Å²) in [7, 11) is 0. The third kappa shape index (κ3) is 1.98. The van der Waals surface area contributed by atoms with Crippen LogP contribution in [-0.2, 0) is 4.74 Å². The lowest BCUT2D eigenvalue weighted by molar-refractivity contribution is 0.0171. The van der Waals surface area contributed by atoms with Gasteiger partial charge < -0.3 is 9.84 Å². The fourth-order valence-electron chi connectivity index (χ4n) is 0.861. The van der Waals surface area contributed by atoms with Crippen molar-refractivity contribution in [2.45, 2.75) is 12.2 Å². The molecule has 0 aromatic carbocycles. The van der Waals surface area contributed by atoms with Crippen LogP contribution in [0.25, 0.3) is 0 Å². The van der Waals surface area contributed by atoms with Crippen LogP contribution in [0.1, 0.15) is 0 Å². The second kappa shape index (κ2) is 3.98. The molecule has 0 spiro atoms. The molecule has 0 saturated carbocycles. The van der Waals surface area contributed by atoms with E-state index in [2.05, 4.69) is 17.5 Å². The van der Waals surface area contributed by atoms with E-state index in [9.17, 15) is 5.11 Å². The van der Waals surface area contributed by atoms with E-state index in [4.69, 9.17) is 4.74 Å². The van der Waals surface area contributed by atoms with E-state index in [-0.39, 0.29) is 6.10 Å². The minimum atomic E-state index is -0.490. The summed E-state index contributed by atoms with van der Waals surface area (Å²) in [5.41, 5.74) is 0. The maximum absolute atomic E-state index is 9.26. The van der Waals surface area contributed by atoms with Crippen molar-refractivity contribution in [1.82, 2.24) is 4.72 Å². The van der Waals surface area contributed by atoms with Crippen LogP contribution in [0.3, 0.4) is 0 Å². The van der Waals surface area contributed by atoms with Crippen LogP contribution in [-0.4, -0.2) is 30.5 Å². The molecular weight excluding hydrogens is 150 g/mol. The van der Waals surface area contributed by atoms with Gasteiger partial charge in [-0.15, -0.1) is 0 Å². The zero-order valence-corrected chi connectivity index (χ0v) is 6.42. The van der Waals surface area contributed by atoms with Crippen molar-refractivity contribution >= 4 is 12.8 Å². The van der Waals surface area contributed by atoms with Crippen molar-refractivity contribution in [3.8, 4) is 0 Å². The summed E-state index contributed by atoms with van der Waals surface area (Å²) >= 11 is 3.76. The number of ether oxygens (including phenoxy) is 1. The highest BCUT2D eigenvalue weighted by Crippen LogP contribution is 2.07. The van der Waals surface area contributed by atoms with Gasteiger partial charge in [0.2, 0.25) is 0 Å². The van der Waals surface area contributed by atoms with Crippen molar-refractivity contribution in [1.29, 1.82) is 0 Å². The summed E-state index contributed by atoms with van der Waals surface area (Å²) in [6.07, 6.45) is 3.11. The van der Waals surface area contributed by atoms with Gasteiger partial charge in [-0.1, -0.05) is 25.0 Å². The van der Waals surface area contributed by atoms with Crippen LogP contribution in [0.4, 0.5) is 0 Å². The lowest BCUT2D eigenvalue weighted by atomic mass is 10.2. The van der Waals surface area contributed by atoms with Gasteiger partial charge in [0, 0.05) is 6.54 Å². The van der Waals surface area contributed by atoms with Gasteiger partial charge in [0.15, 0.2) is 0 Å². The highest BCUT2D eigenvalue weighted by molar-refractivity contribution is 7.78. The zero-order valence-electron chi connectivity index (χ0n) is 5.53. The highest BCUT2D eigenvalue weighted by Gasteiger charge is 2.18. The van der Waals surface area contributed by atoms with Gasteiger partial charge in [-0.2, -0.15) is 0 Å². The molecule has 1 rings (SSSR count). The number of hydrogen-bond donors (Lipinski definition) is 3. The van der Waals surface area contributed by atoms with Gasteiger partial charge in [0.1, 0.15) is 6.10 Å². The smallest absolute Gasteiger partial charge is 0.103 e. The Morgan fingerprint density at radius 2 is 2.70 bits per heavy atom. The topological polar surface area (TPSA) is 41.5 Å². The van der Waals surface area contributed by atoms with E-state index in [0.29, 0.717) is 13.2 Å². The Morgan fingerprint density at radius 1 is 1.90 bits per heavy atom. The molecule has 0 bridgehead atoms. The van der Waals surface area contributed by atoms with Gasteiger partial charge in [-0.25, -0.2) is 0 Å². The number of aliphatic hydroxyl groups is 1. The summed E-state index contributed by atoms with van der Waals surface area (Å²) in [6.45, 7) is 1.05. The molecule has 4 heteroatoms. The van der Waals surface area contributed by atoms with Gasteiger partial charge in [0.05, 0.1) is 12.7 Å². The third-order valence-corrected chi connectivity index (χ3v) is 1.57. The van der Waals surface area contributed by atoms with E-state index in [1.54, 1.807) is 0 Å². The molecule has 2 N–H and O–H groups in total. The van der Waals surface area contributed by atoms with Crippen LogP contribution < -0.4 is 4.72 Å². The summed E-state index contributed by atoms with van der Waals surface area (Å²) in [5.74, 6) is 0. The van der Waals surface area contributed by atoms with Crippen LogP contribution in [0.2, 0.25) is 0 Å². The Morgan fingerprint density at radius 3 is 3.20 bits per heavy atom. The first kappa shape index (κ1) is 8.07. The first-order chi connectivity index (χ1) is 4.84. The molecule has 0 aliphatic carbocycles. The second-order valence-corrected chi connectivity index (χ2v) is 2.47. The number of rotatable bonds is 3. The molecule has 0 radical (unpaired) electrons. The fourth-order valence-corrected chi connectivity index (χ4v) is 1.05. The minimum Gasteiger partial charge on any atom is -0.389 e. The van der Waals surface area contributed by atoms with E-state index in [1.165, 1.54) is 0 Å². The SMILES string of the molecule is OC(CNS)[C@@H]1C=CCO1. The average molecular weight is 161 g/mol. The molecule has 1 heterocycles. The molecule has 2 atom stereocenters. The summed E-state index contributed by atoms with van der Waals surface area (Å²) in [6, 6.07) is 0. The van der Waals surface area contributed by atoms with Crippen LogP contribution in [0, 0.1) is 0 Å². The Labute approximate surface area is 65.6 Å². The monoisotopic (exact) mass is 161 g/mol. The van der Waals surface area contributed by atoms with Crippen LogP contribution in [0.5, 0.6) is 0 Å². The molecule has 10 heavy (non-hydrogen) atoms. The van der Waals surface area contributed by atoms with Crippen molar-refractivity contribution in [2.24, 2.45) is 0 Å². The Bertz CT molecular complexity index is 129. The molecule has 1 aliphatic rings. The molecule has 0 aromatic rings. The van der Waals surface area contributed by atoms with E-state index in [1.807, 2.05) is 12.2 Å². The number of hydrogen-bond acceptors (Lipinski definition) is 4. The Balaban J connectivity index is 2.26. The Kier molecular flexibility index (Phi) is 3.21. The lowest BCUT2D eigenvalue weighted by Gasteiger charge is -2.14. The maximum atomic E-state index is 9.26. The van der Waals surface area contributed by atoms with Crippen LogP contribution >= 0.6 is 12.8 Å². The number of aliphatic hydroxyl groups excluding tert-OH is 1. The fraction of sp³-hybridized carbons (Fsp3) is 0.667. The van der Waals surface area contributed by atoms with Gasteiger partial charge in [-0.3, -0.25) is 4.72 Å². The summed E-state index contributed by atoms with van der Waals surface area (Å²) < 4.78 is 7.71. The van der Waals surface area contributed by atoms with E-state index >= 15 is 0 Å². The molecule has 0 amide bonds. The standard InChI is InChI=1S/C6H11NO2S/c8-5(4-7-10)6-2-1-3-9-6/h1-2,5-8,10H,3-4H2/t5?,6-/m0/s1. The number of nitrogens with one attached hydrogen (secondary N) is 1. The predicted molar refractivity (Wildman–Crippen MR) is 41.9 cm³/mol. The predicted octanol–water partition coefficient (Wildman–Crippen LogP) is -0.263. The second-order valence-electron chi connectivity index (χ2n) is 2.16. The first-order valence-electron chi connectivity index (χ1n) is 3.18. The third-order valence-electron chi connectivity index (χ3n) is 1.39. The molecule has 0 aromatic heterocycles. The molecular formula is C6H11NO2S. The van der Waals surface area contributed by atoms with Gasteiger partial charge in [-0.05, 0) is 0 Å². The zero-order chi connectivity index (χ0) is 7.40. The molecule has 1 unspecified atom stereocenters. The molecule has 58 valence electrons. The lowest BCUT2D eigenvalue weighted by Crippen LogP contribution is -2.32. The van der Waals surface area contributed by atoms with Crippen molar-refractivity contribution in [3.05, 3.63) is 12.2 Å². The maximum Gasteiger partial charge on any atom is 0.103 e. The molecule has 0 saturated heterocycles. The quantitative estimate of drug-likeness (QED) is 0.394. The minimum absolute atomic E-state index is 0.153. The summed E-state index contributed by atoms with van der Waals surface area (Å²) in [5, 5.41) is 9.26. The largest absolute Gasteiger partial charge is 0.389 e.